The third-order valence-corrected chi connectivity index (χ3v) is 3.49. The number of carboxylic acids is 1. The number of ether oxygens (including phenoxy) is 2. The van der Waals surface area contributed by atoms with Crippen molar-refractivity contribution in [2.45, 2.75) is 19.8 Å². The van der Waals surface area contributed by atoms with Crippen molar-refractivity contribution >= 4 is 27.7 Å². The summed E-state index contributed by atoms with van der Waals surface area (Å²) in [5.74, 6) is -0.275. The lowest BCUT2D eigenvalue weighted by Gasteiger charge is -2.13. The first-order valence-corrected chi connectivity index (χ1v) is 6.84. The molecule has 1 N–H and O–H groups in total. The summed E-state index contributed by atoms with van der Waals surface area (Å²) in [5.41, 5.74) is 0.458. The zero-order chi connectivity index (χ0) is 15.3. The van der Waals surface area contributed by atoms with Crippen LogP contribution in [0.3, 0.4) is 0 Å². The summed E-state index contributed by atoms with van der Waals surface area (Å²) in [5, 5.41) is 8.72. The topological polar surface area (TPSA) is 72.8 Å². The lowest BCUT2D eigenvalue weighted by atomic mass is 9.97. The molecule has 5 nitrogen and oxygen atoms in total. The van der Waals surface area contributed by atoms with Crippen molar-refractivity contribution in [3.8, 4) is 11.5 Å². The number of methoxy groups -OCH3 is 2. The Labute approximate surface area is 126 Å². The van der Waals surface area contributed by atoms with E-state index < -0.39 is 5.97 Å². The van der Waals surface area contributed by atoms with E-state index in [1.165, 1.54) is 14.2 Å². The minimum absolute atomic E-state index is 0.0311. The molecule has 1 aromatic rings. The van der Waals surface area contributed by atoms with E-state index in [4.69, 9.17) is 14.6 Å². The maximum Gasteiger partial charge on any atom is 0.303 e. The number of halogens is 1. The van der Waals surface area contributed by atoms with Crippen molar-refractivity contribution < 1.29 is 24.2 Å². The van der Waals surface area contributed by atoms with Crippen LogP contribution in [0.15, 0.2) is 16.6 Å². The Kier molecular flexibility index (Phi) is 6.01. The molecule has 110 valence electrons. The lowest BCUT2D eigenvalue weighted by Crippen LogP contribution is -2.11. The van der Waals surface area contributed by atoms with E-state index in [0.29, 0.717) is 21.5 Å². The largest absolute Gasteiger partial charge is 0.493 e. The number of carbonyl (C=O) groups excluding carboxylic acids is 1. The van der Waals surface area contributed by atoms with Gasteiger partial charge in [-0.25, -0.2) is 0 Å². The summed E-state index contributed by atoms with van der Waals surface area (Å²) < 4.78 is 10.9. The van der Waals surface area contributed by atoms with E-state index >= 15 is 0 Å². The summed E-state index contributed by atoms with van der Waals surface area (Å²) in [6.45, 7) is 1.74. The Hall–Kier alpha value is -1.56. The normalized spacial score (nSPS) is 11.8. The van der Waals surface area contributed by atoms with E-state index in [-0.39, 0.29) is 24.5 Å². The second-order valence-electron chi connectivity index (χ2n) is 4.52. The second-order valence-corrected chi connectivity index (χ2v) is 5.37. The highest BCUT2D eigenvalue weighted by atomic mass is 79.9. The third kappa shape index (κ3) is 4.23. The van der Waals surface area contributed by atoms with E-state index in [1.807, 2.05) is 0 Å². The average molecular weight is 345 g/mol. The van der Waals surface area contributed by atoms with Gasteiger partial charge < -0.3 is 14.6 Å². The quantitative estimate of drug-likeness (QED) is 0.769. The number of rotatable bonds is 7. The number of hydrogen-bond donors (Lipinski definition) is 1. The molecule has 0 aromatic heterocycles. The predicted octanol–water partition coefficient (Wildman–Crippen LogP) is 3.15. The Morgan fingerprint density at radius 2 is 1.75 bits per heavy atom. The SMILES string of the molecule is COc1cc(Br)c(C(=O)CC(C)CC(=O)O)cc1OC. The Bertz CT molecular complexity index is 513. The first kappa shape index (κ1) is 16.5. The molecule has 0 bridgehead atoms. The smallest absolute Gasteiger partial charge is 0.303 e. The summed E-state index contributed by atoms with van der Waals surface area (Å²) in [6, 6.07) is 3.26. The average Bonchev–Trinajstić information content (AvgIpc) is 2.36. The van der Waals surface area contributed by atoms with Crippen LogP contribution >= 0.6 is 15.9 Å². The lowest BCUT2D eigenvalue weighted by molar-refractivity contribution is -0.137. The molecule has 1 unspecified atom stereocenters. The number of Topliss-reactive ketones (excluding diaryl/α,β-unsaturated/α-hetero) is 1. The molecule has 0 spiro atoms. The molecule has 0 radical (unpaired) electrons. The molecule has 1 atom stereocenters. The van der Waals surface area contributed by atoms with Crippen LogP contribution in [0, 0.1) is 5.92 Å². The third-order valence-electron chi connectivity index (χ3n) is 2.83. The van der Waals surface area contributed by atoms with Crippen LogP contribution in [0.2, 0.25) is 0 Å². The maximum absolute atomic E-state index is 12.2. The molecule has 1 rings (SSSR count). The van der Waals surface area contributed by atoms with Crippen molar-refractivity contribution in [1.29, 1.82) is 0 Å². The van der Waals surface area contributed by atoms with Gasteiger partial charge in [0.25, 0.3) is 0 Å². The summed E-state index contributed by atoms with van der Waals surface area (Å²) in [7, 11) is 3.01. The van der Waals surface area contributed by atoms with Gasteiger partial charge in [-0.3, -0.25) is 9.59 Å². The molecular weight excluding hydrogens is 328 g/mol. The fourth-order valence-corrected chi connectivity index (χ4v) is 2.41. The van der Waals surface area contributed by atoms with Gasteiger partial charge in [0, 0.05) is 22.9 Å². The van der Waals surface area contributed by atoms with Gasteiger partial charge in [-0.1, -0.05) is 6.92 Å². The Morgan fingerprint density at radius 1 is 1.20 bits per heavy atom. The van der Waals surface area contributed by atoms with Gasteiger partial charge in [-0.15, -0.1) is 0 Å². The van der Waals surface area contributed by atoms with Crippen molar-refractivity contribution in [1.82, 2.24) is 0 Å². The molecule has 0 aliphatic heterocycles. The van der Waals surface area contributed by atoms with Gasteiger partial charge in [0.15, 0.2) is 17.3 Å². The predicted molar refractivity (Wildman–Crippen MR) is 77.6 cm³/mol. The van der Waals surface area contributed by atoms with Crippen LogP contribution in [-0.4, -0.2) is 31.1 Å². The van der Waals surface area contributed by atoms with Gasteiger partial charge >= 0.3 is 5.97 Å². The van der Waals surface area contributed by atoms with Gasteiger partial charge in [0.1, 0.15) is 0 Å². The number of hydrogen-bond acceptors (Lipinski definition) is 4. The molecule has 0 heterocycles. The molecule has 20 heavy (non-hydrogen) atoms. The number of benzene rings is 1. The first-order chi connectivity index (χ1) is 9.38. The zero-order valence-corrected chi connectivity index (χ0v) is 13.2. The van der Waals surface area contributed by atoms with Crippen molar-refractivity contribution in [3.05, 3.63) is 22.2 Å². The fourth-order valence-electron chi connectivity index (χ4n) is 1.86. The minimum atomic E-state index is -0.906. The van der Waals surface area contributed by atoms with Crippen LogP contribution in [-0.2, 0) is 4.79 Å². The van der Waals surface area contributed by atoms with Crippen molar-refractivity contribution in [2.24, 2.45) is 5.92 Å². The first-order valence-electron chi connectivity index (χ1n) is 6.05. The molecule has 0 fully saturated rings. The Morgan fingerprint density at radius 3 is 2.25 bits per heavy atom. The van der Waals surface area contributed by atoms with Gasteiger partial charge in [0.2, 0.25) is 0 Å². The fraction of sp³-hybridized carbons (Fsp3) is 0.429. The zero-order valence-electron chi connectivity index (χ0n) is 11.6. The number of carboxylic acid groups (broad SMARTS) is 1. The van der Waals surface area contributed by atoms with Crippen molar-refractivity contribution in [2.75, 3.05) is 14.2 Å². The number of aliphatic carboxylic acids is 1. The molecule has 1 aromatic carbocycles. The monoisotopic (exact) mass is 344 g/mol. The van der Waals surface area contributed by atoms with Crippen LogP contribution in [0.25, 0.3) is 0 Å². The highest BCUT2D eigenvalue weighted by Gasteiger charge is 2.19. The minimum Gasteiger partial charge on any atom is -0.493 e. The van der Waals surface area contributed by atoms with Crippen LogP contribution in [0.5, 0.6) is 11.5 Å². The van der Waals surface area contributed by atoms with E-state index in [1.54, 1.807) is 19.1 Å². The number of ketones is 1. The van der Waals surface area contributed by atoms with Gasteiger partial charge in [-0.05, 0) is 34.0 Å². The van der Waals surface area contributed by atoms with E-state index in [9.17, 15) is 9.59 Å². The molecule has 6 heteroatoms. The summed E-state index contributed by atoms with van der Waals surface area (Å²) in [6.07, 6.45) is 0.136. The van der Waals surface area contributed by atoms with Gasteiger partial charge in [0.05, 0.1) is 14.2 Å². The number of carbonyl (C=O) groups is 2. The van der Waals surface area contributed by atoms with Crippen molar-refractivity contribution in [3.63, 3.8) is 0 Å². The maximum atomic E-state index is 12.2. The summed E-state index contributed by atoms with van der Waals surface area (Å²) >= 11 is 3.32. The molecule has 0 aliphatic rings. The van der Waals surface area contributed by atoms with E-state index in [0.717, 1.165) is 0 Å². The van der Waals surface area contributed by atoms with Crippen LogP contribution in [0.4, 0.5) is 0 Å². The molecule has 0 aliphatic carbocycles. The molecule has 0 saturated heterocycles. The summed E-state index contributed by atoms with van der Waals surface area (Å²) in [4.78, 5) is 22.8. The molecular formula is C14H17BrO5. The Balaban J connectivity index is 2.95. The molecule has 0 amide bonds. The standard InChI is InChI=1S/C14H17BrO5/c1-8(5-14(17)18)4-11(16)9-6-12(19-2)13(20-3)7-10(9)15/h6-8H,4-5H2,1-3H3,(H,17,18). The van der Waals surface area contributed by atoms with Gasteiger partial charge in [-0.2, -0.15) is 0 Å². The van der Waals surface area contributed by atoms with E-state index in [2.05, 4.69) is 15.9 Å². The van der Waals surface area contributed by atoms with Crippen LogP contribution < -0.4 is 9.47 Å². The second kappa shape index (κ2) is 7.28. The highest BCUT2D eigenvalue weighted by molar-refractivity contribution is 9.10. The highest BCUT2D eigenvalue weighted by Crippen LogP contribution is 2.34. The molecule has 0 saturated carbocycles. The van der Waals surface area contributed by atoms with Crippen LogP contribution in [0.1, 0.15) is 30.1 Å².